The van der Waals surface area contributed by atoms with Gasteiger partial charge in [0.25, 0.3) is 0 Å². The molecule has 4 aromatic carbocycles. The molecule has 1 heteroatoms. The van der Waals surface area contributed by atoms with E-state index in [2.05, 4.69) is 60.7 Å². The molecule has 0 amide bonds. The highest BCUT2D eigenvalue weighted by Gasteiger charge is 2.04. The van der Waals surface area contributed by atoms with Crippen LogP contribution >= 0.6 is 0 Å². The van der Waals surface area contributed by atoms with Gasteiger partial charge in [0.2, 0.25) is 0 Å². The quantitative estimate of drug-likeness (QED) is 0.350. The van der Waals surface area contributed by atoms with Crippen molar-refractivity contribution >= 4 is 38.0 Å². The van der Waals surface area contributed by atoms with Crippen LogP contribution in [0.3, 0.4) is 0 Å². The van der Waals surface area contributed by atoms with E-state index in [-0.39, 0.29) is 0 Å². The second kappa shape index (κ2) is 3.72. The Balaban J connectivity index is 2.28. The van der Waals surface area contributed by atoms with E-state index in [9.17, 15) is 0 Å². The van der Waals surface area contributed by atoms with Crippen molar-refractivity contribution in [3.63, 3.8) is 0 Å². The minimum absolute atomic E-state index is 0.813. The van der Waals surface area contributed by atoms with Crippen molar-refractivity contribution in [2.24, 2.45) is 0 Å². The number of hydrogen-bond donors (Lipinski definition) is 1. The van der Waals surface area contributed by atoms with Crippen molar-refractivity contribution in [2.45, 2.75) is 0 Å². The molecular weight excluding hydrogens is 230 g/mol. The maximum atomic E-state index is 5.93. The van der Waals surface area contributed by atoms with Crippen LogP contribution in [0.15, 0.2) is 66.7 Å². The summed E-state index contributed by atoms with van der Waals surface area (Å²) in [5.74, 6) is 0. The Morgan fingerprint density at radius 2 is 1.16 bits per heavy atom. The Hall–Kier alpha value is -2.54. The van der Waals surface area contributed by atoms with E-state index in [1.165, 1.54) is 32.3 Å². The molecule has 0 atom stereocenters. The fraction of sp³-hybridized carbons (Fsp3) is 0. The molecule has 90 valence electrons. The smallest absolute Gasteiger partial charge is 0.0320 e. The standard InChI is InChI=1S/C18H13N/c19-14-8-5-13-7-9-16-15-4-2-1-3-12(15)6-10-17(16)18(13)11-14/h1-11H,19H2. The molecule has 0 heterocycles. The molecule has 1 nitrogen and oxygen atoms in total. The van der Waals surface area contributed by atoms with E-state index in [1.54, 1.807) is 0 Å². The second-order valence-corrected chi connectivity index (χ2v) is 4.93. The molecule has 2 N–H and O–H groups in total. The molecule has 4 rings (SSSR count). The number of benzene rings is 4. The van der Waals surface area contributed by atoms with E-state index < -0.39 is 0 Å². The number of fused-ring (bicyclic) bond motifs is 5. The van der Waals surface area contributed by atoms with Gasteiger partial charge in [0.1, 0.15) is 0 Å². The average molecular weight is 243 g/mol. The SMILES string of the molecule is Nc1ccc2ccc3c4ccccc4ccc3c2c1. The first-order valence-electron chi connectivity index (χ1n) is 6.43. The second-order valence-electron chi connectivity index (χ2n) is 4.93. The van der Waals surface area contributed by atoms with Crippen LogP contribution in [-0.2, 0) is 0 Å². The van der Waals surface area contributed by atoms with E-state index in [0.717, 1.165) is 5.69 Å². The summed E-state index contributed by atoms with van der Waals surface area (Å²) in [4.78, 5) is 0. The van der Waals surface area contributed by atoms with Gasteiger partial charge in [-0.3, -0.25) is 0 Å². The van der Waals surface area contributed by atoms with Gasteiger partial charge in [-0.25, -0.2) is 0 Å². The van der Waals surface area contributed by atoms with Crippen LogP contribution in [-0.4, -0.2) is 0 Å². The Morgan fingerprint density at radius 3 is 2.00 bits per heavy atom. The molecule has 0 aliphatic rings. The summed E-state index contributed by atoms with van der Waals surface area (Å²) < 4.78 is 0. The van der Waals surface area contributed by atoms with Crippen LogP contribution in [0.1, 0.15) is 0 Å². The number of anilines is 1. The van der Waals surface area contributed by atoms with E-state index in [1.807, 2.05) is 6.07 Å². The first-order chi connectivity index (χ1) is 9.33. The Kier molecular flexibility index (Phi) is 2.04. The molecule has 0 saturated heterocycles. The molecule has 0 aliphatic heterocycles. The van der Waals surface area contributed by atoms with Gasteiger partial charge >= 0.3 is 0 Å². The zero-order chi connectivity index (χ0) is 12.8. The zero-order valence-corrected chi connectivity index (χ0v) is 10.4. The third-order valence-corrected chi connectivity index (χ3v) is 3.77. The first kappa shape index (κ1) is 10.4. The van der Waals surface area contributed by atoms with Crippen LogP contribution < -0.4 is 5.73 Å². The number of hydrogen-bond acceptors (Lipinski definition) is 1. The summed E-state index contributed by atoms with van der Waals surface area (Å²) in [6.07, 6.45) is 0. The van der Waals surface area contributed by atoms with Crippen molar-refractivity contribution < 1.29 is 0 Å². The lowest BCUT2D eigenvalue weighted by Crippen LogP contribution is -1.85. The summed E-state index contributed by atoms with van der Waals surface area (Å²) in [7, 11) is 0. The summed E-state index contributed by atoms with van der Waals surface area (Å²) in [6, 6.07) is 23.3. The lowest BCUT2D eigenvalue weighted by Gasteiger charge is -2.08. The topological polar surface area (TPSA) is 26.0 Å². The number of nitrogen functional groups attached to an aromatic ring is 1. The molecule has 0 bridgehead atoms. The highest BCUT2D eigenvalue weighted by atomic mass is 14.5. The predicted octanol–water partition coefficient (Wildman–Crippen LogP) is 4.73. The van der Waals surface area contributed by atoms with Gasteiger partial charge in [0.05, 0.1) is 0 Å². The van der Waals surface area contributed by atoms with Crippen molar-refractivity contribution in [2.75, 3.05) is 5.73 Å². The maximum Gasteiger partial charge on any atom is 0.0320 e. The van der Waals surface area contributed by atoms with E-state index in [4.69, 9.17) is 5.73 Å². The third-order valence-electron chi connectivity index (χ3n) is 3.77. The summed E-state index contributed by atoms with van der Waals surface area (Å²) in [5, 5.41) is 7.59. The van der Waals surface area contributed by atoms with Crippen LogP contribution in [0.5, 0.6) is 0 Å². The van der Waals surface area contributed by atoms with Gasteiger partial charge in [-0.15, -0.1) is 0 Å². The first-order valence-corrected chi connectivity index (χ1v) is 6.43. The molecule has 0 unspecified atom stereocenters. The Bertz CT molecular complexity index is 922. The lowest BCUT2D eigenvalue weighted by molar-refractivity contribution is 1.75. The van der Waals surface area contributed by atoms with Crippen LogP contribution in [0.4, 0.5) is 5.69 Å². The minimum atomic E-state index is 0.813. The minimum Gasteiger partial charge on any atom is -0.399 e. The van der Waals surface area contributed by atoms with Crippen molar-refractivity contribution in [3.8, 4) is 0 Å². The van der Waals surface area contributed by atoms with Gasteiger partial charge in [-0.2, -0.15) is 0 Å². The van der Waals surface area contributed by atoms with Crippen molar-refractivity contribution in [1.29, 1.82) is 0 Å². The van der Waals surface area contributed by atoms with Crippen LogP contribution in [0.2, 0.25) is 0 Å². The predicted molar refractivity (Wildman–Crippen MR) is 83.4 cm³/mol. The summed E-state index contributed by atoms with van der Waals surface area (Å²) in [6.45, 7) is 0. The normalized spacial score (nSPS) is 11.4. The van der Waals surface area contributed by atoms with Crippen LogP contribution in [0, 0.1) is 0 Å². The van der Waals surface area contributed by atoms with E-state index in [0.29, 0.717) is 0 Å². The average Bonchev–Trinajstić information content (AvgIpc) is 2.46. The zero-order valence-electron chi connectivity index (χ0n) is 10.4. The largest absolute Gasteiger partial charge is 0.399 e. The van der Waals surface area contributed by atoms with Gasteiger partial charge in [-0.05, 0) is 44.5 Å². The number of rotatable bonds is 0. The Morgan fingerprint density at radius 1 is 0.526 bits per heavy atom. The molecule has 19 heavy (non-hydrogen) atoms. The van der Waals surface area contributed by atoms with Crippen LogP contribution in [0.25, 0.3) is 32.3 Å². The van der Waals surface area contributed by atoms with Gasteiger partial charge < -0.3 is 5.73 Å². The molecule has 0 spiro atoms. The van der Waals surface area contributed by atoms with Gasteiger partial charge in [0.15, 0.2) is 0 Å². The lowest BCUT2D eigenvalue weighted by atomic mass is 9.97. The molecule has 0 saturated carbocycles. The maximum absolute atomic E-state index is 5.93. The van der Waals surface area contributed by atoms with E-state index >= 15 is 0 Å². The van der Waals surface area contributed by atoms with Gasteiger partial charge in [0, 0.05) is 5.69 Å². The van der Waals surface area contributed by atoms with Crippen molar-refractivity contribution in [3.05, 3.63) is 66.7 Å². The number of nitrogens with two attached hydrogens (primary N) is 1. The van der Waals surface area contributed by atoms with Gasteiger partial charge in [-0.1, -0.05) is 54.6 Å². The molecule has 0 radical (unpaired) electrons. The highest BCUT2D eigenvalue weighted by molar-refractivity contribution is 6.17. The summed E-state index contributed by atoms with van der Waals surface area (Å²) >= 11 is 0. The fourth-order valence-electron chi connectivity index (χ4n) is 2.84. The fourth-order valence-corrected chi connectivity index (χ4v) is 2.84. The Labute approximate surface area is 111 Å². The monoisotopic (exact) mass is 243 g/mol. The molecular formula is C18H13N. The summed E-state index contributed by atoms with van der Waals surface area (Å²) in [5.41, 5.74) is 6.74. The highest BCUT2D eigenvalue weighted by Crippen LogP contribution is 2.31. The van der Waals surface area contributed by atoms with Crippen molar-refractivity contribution in [1.82, 2.24) is 0 Å². The molecule has 4 aromatic rings. The molecule has 0 aromatic heterocycles. The molecule has 0 fully saturated rings. The molecule has 0 aliphatic carbocycles. The third kappa shape index (κ3) is 1.48.